The number of phosphoric ester groups is 1. The number of carbonyl (C=O) groups excluding carboxylic acids is 1. The van der Waals surface area contributed by atoms with E-state index in [2.05, 4.69) is 19.1 Å². The number of hydrogen-bond acceptors (Lipinski definition) is 6. The molecule has 0 rings (SSSR count). The molecule has 0 amide bonds. The molecule has 0 aliphatic carbocycles. The molecule has 0 saturated carbocycles. The summed E-state index contributed by atoms with van der Waals surface area (Å²) in [6.07, 6.45) is 19.5. The van der Waals surface area contributed by atoms with E-state index in [-0.39, 0.29) is 32.2 Å². The molecule has 220 valence electrons. The lowest BCUT2D eigenvalue weighted by molar-refractivity contribution is -0.870. The van der Waals surface area contributed by atoms with Crippen LogP contribution in [0.25, 0.3) is 0 Å². The number of ether oxygens (including phenoxy) is 2. The highest BCUT2D eigenvalue weighted by Crippen LogP contribution is 2.43. The zero-order chi connectivity index (χ0) is 27.8. The predicted molar refractivity (Wildman–Crippen MR) is 150 cm³/mol. The molecule has 1 N–H and O–H groups in total. The molecule has 0 aromatic carbocycles. The average molecular weight is 551 g/mol. The van der Waals surface area contributed by atoms with E-state index in [0.29, 0.717) is 24.1 Å². The van der Waals surface area contributed by atoms with Gasteiger partial charge in [0.25, 0.3) is 0 Å². The summed E-state index contributed by atoms with van der Waals surface area (Å²) in [4.78, 5) is 21.9. The molecule has 2 atom stereocenters. The van der Waals surface area contributed by atoms with E-state index in [1.807, 2.05) is 28.1 Å². The zero-order valence-electron chi connectivity index (χ0n) is 24.5. The molecule has 0 saturated heterocycles. The van der Waals surface area contributed by atoms with Crippen molar-refractivity contribution in [1.29, 1.82) is 0 Å². The topological polar surface area (TPSA) is 91.3 Å². The number of rotatable bonds is 26. The fraction of sp³-hybridized carbons (Fsp3) is 0.893. The van der Waals surface area contributed by atoms with Crippen LogP contribution in [0.1, 0.15) is 104 Å². The molecule has 0 bridgehead atoms. The van der Waals surface area contributed by atoms with Gasteiger partial charge in [-0.15, -0.1) is 0 Å². The molecule has 0 aliphatic heterocycles. The summed E-state index contributed by atoms with van der Waals surface area (Å²) in [6, 6.07) is 0. The van der Waals surface area contributed by atoms with Gasteiger partial charge in [-0.3, -0.25) is 13.8 Å². The molecule has 0 aromatic rings. The average Bonchev–Trinajstić information content (AvgIpc) is 2.81. The van der Waals surface area contributed by atoms with E-state index >= 15 is 0 Å². The molecular weight excluding hydrogens is 493 g/mol. The first-order valence-corrected chi connectivity index (χ1v) is 15.9. The minimum absolute atomic E-state index is 0.0872. The van der Waals surface area contributed by atoms with E-state index in [1.165, 1.54) is 64.2 Å². The number of nitrogens with zero attached hydrogens (tertiary/aromatic N) is 1. The third kappa shape index (κ3) is 26.6. The Morgan fingerprint density at radius 2 is 1.41 bits per heavy atom. The first-order valence-electron chi connectivity index (χ1n) is 14.4. The van der Waals surface area contributed by atoms with Crippen LogP contribution in [-0.2, 0) is 27.9 Å². The van der Waals surface area contributed by atoms with Gasteiger partial charge in [-0.05, 0) is 38.5 Å². The van der Waals surface area contributed by atoms with Crippen molar-refractivity contribution in [1.82, 2.24) is 0 Å². The van der Waals surface area contributed by atoms with Gasteiger partial charge in [0.2, 0.25) is 0 Å². The molecule has 0 fully saturated rings. The van der Waals surface area contributed by atoms with Crippen molar-refractivity contribution in [2.45, 2.75) is 110 Å². The third-order valence-electron chi connectivity index (χ3n) is 5.80. The lowest BCUT2D eigenvalue weighted by Crippen LogP contribution is -2.37. The van der Waals surface area contributed by atoms with E-state index < -0.39 is 13.9 Å². The van der Waals surface area contributed by atoms with Crippen LogP contribution in [0, 0.1) is 0 Å². The second-order valence-electron chi connectivity index (χ2n) is 10.8. The van der Waals surface area contributed by atoms with Gasteiger partial charge in [-0.1, -0.05) is 70.9 Å². The first kappa shape index (κ1) is 36.2. The fourth-order valence-electron chi connectivity index (χ4n) is 3.52. The van der Waals surface area contributed by atoms with Crippen molar-refractivity contribution in [2.75, 3.05) is 54.1 Å². The number of allylic oxidation sites excluding steroid dienone is 2. The number of carbonyl (C=O) groups is 1. The van der Waals surface area contributed by atoms with Crippen molar-refractivity contribution in [3.63, 3.8) is 0 Å². The number of hydrogen-bond donors (Lipinski definition) is 1. The Labute approximate surface area is 227 Å². The number of quaternary nitrogens is 1. The highest BCUT2D eigenvalue weighted by Gasteiger charge is 2.26. The molecular formula is C28H57NO7P+. The molecule has 0 radical (unpaired) electrons. The number of likely N-dealkylation sites (N-methyl/N-ethyl adjacent to an activating group) is 1. The second-order valence-corrected chi connectivity index (χ2v) is 12.2. The molecule has 0 aromatic heterocycles. The molecule has 9 heteroatoms. The van der Waals surface area contributed by atoms with Gasteiger partial charge in [0.15, 0.2) is 0 Å². The third-order valence-corrected chi connectivity index (χ3v) is 6.78. The van der Waals surface area contributed by atoms with Crippen LogP contribution in [0.5, 0.6) is 0 Å². The molecule has 8 nitrogen and oxygen atoms in total. The molecule has 37 heavy (non-hydrogen) atoms. The minimum Gasteiger partial charge on any atom is -0.457 e. The Balaban J connectivity index is 4.02. The second kappa shape index (κ2) is 23.2. The van der Waals surface area contributed by atoms with Crippen LogP contribution in [0.15, 0.2) is 12.2 Å². The monoisotopic (exact) mass is 550 g/mol. The normalized spacial score (nSPS) is 14.6. The largest absolute Gasteiger partial charge is 0.472 e. The van der Waals surface area contributed by atoms with Crippen molar-refractivity contribution in [3.8, 4) is 0 Å². The van der Waals surface area contributed by atoms with Gasteiger partial charge in [-0.2, -0.15) is 0 Å². The highest BCUT2D eigenvalue weighted by molar-refractivity contribution is 7.47. The quantitative estimate of drug-likeness (QED) is 0.0416. The van der Waals surface area contributed by atoms with Crippen molar-refractivity contribution < 1.29 is 37.3 Å². The summed E-state index contributed by atoms with van der Waals surface area (Å²) in [6.45, 7) is 5.21. The van der Waals surface area contributed by atoms with Crippen LogP contribution < -0.4 is 0 Å². The summed E-state index contributed by atoms with van der Waals surface area (Å²) in [5.41, 5.74) is 0. The maximum atomic E-state index is 12.2. The summed E-state index contributed by atoms with van der Waals surface area (Å²) in [5, 5.41) is 0. The Kier molecular flexibility index (Phi) is 22.7. The Hall–Kier alpha value is -0.760. The van der Waals surface area contributed by atoms with Crippen molar-refractivity contribution in [2.24, 2.45) is 0 Å². The number of unbranched alkanes of at least 4 members (excludes halogenated alkanes) is 10. The fourth-order valence-corrected chi connectivity index (χ4v) is 4.26. The van der Waals surface area contributed by atoms with Crippen LogP contribution in [0.3, 0.4) is 0 Å². The van der Waals surface area contributed by atoms with E-state index in [0.717, 1.165) is 12.8 Å². The van der Waals surface area contributed by atoms with Crippen LogP contribution in [-0.4, -0.2) is 75.6 Å². The van der Waals surface area contributed by atoms with Crippen LogP contribution >= 0.6 is 7.82 Å². The molecule has 0 heterocycles. The van der Waals surface area contributed by atoms with E-state index in [1.54, 1.807) is 0 Å². The Morgan fingerprint density at radius 1 is 0.811 bits per heavy atom. The SMILES string of the molecule is CCCCCC/C=C\CCCCCCCCOCC(COP(=O)(O)OCC[N+](C)(C)C)OC(=O)CCC. The maximum absolute atomic E-state index is 12.2. The van der Waals surface area contributed by atoms with Crippen LogP contribution in [0.4, 0.5) is 0 Å². The number of phosphoric acid groups is 1. The van der Waals surface area contributed by atoms with Gasteiger partial charge in [0, 0.05) is 13.0 Å². The van der Waals surface area contributed by atoms with Crippen molar-refractivity contribution >= 4 is 13.8 Å². The highest BCUT2D eigenvalue weighted by atomic mass is 31.2. The summed E-state index contributed by atoms with van der Waals surface area (Å²) >= 11 is 0. The maximum Gasteiger partial charge on any atom is 0.472 e. The van der Waals surface area contributed by atoms with E-state index in [4.69, 9.17) is 18.5 Å². The van der Waals surface area contributed by atoms with Crippen molar-refractivity contribution in [3.05, 3.63) is 12.2 Å². The van der Waals surface area contributed by atoms with E-state index in [9.17, 15) is 14.3 Å². The number of esters is 1. The zero-order valence-corrected chi connectivity index (χ0v) is 25.4. The molecule has 0 spiro atoms. The Bertz CT molecular complexity index is 622. The van der Waals surface area contributed by atoms with Gasteiger partial charge in [-0.25, -0.2) is 4.57 Å². The molecule has 2 unspecified atom stereocenters. The Morgan fingerprint density at radius 3 is 2.00 bits per heavy atom. The lowest BCUT2D eigenvalue weighted by Gasteiger charge is -2.24. The van der Waals surface area contributed by atoms with Gasteiger partial charge in [0.1, 0.15) is 19.3 Å². The summed E-state index contributed by atoms with van der Waals surface area (Å²) in [5.74, 6) is -0.371. The standard InChI is InChI=1S/C28H56NO7P/c1-6-8-9-10-11-12-13-14-15-16-17-18-19-20-23-33-25-27(36-28(30)21-7-2)26-35-37(31,32)34-24-22-29(3,4)5/h12-13,27H,6-11,14-26H2,1-5H3/p+1/b13-12-. The summed E-state index contributed by atoms with van der Waals surface area (Å²) < 4.78 is 33.9. The van der Waals surface area contributed by atoms with Crippen LogP contribution in [0.2, 0.25) is 0 Å². The van der Waals surface area contributed by atoms with Gasteiger partial charge < -0.3 is 18.9 Å². The smallest absolute Gasteiger partial charge is 0.457 e. The minimum atomic E-state index is -4.23. The molecule has 0 aliphatic rings. The first-order chi connectivity index (χ1) is 17.6. The van der Waals surface area contributed by atoms with Gasteiger partial charge >= 0.3 is 13.8 Å². The predicted octanol–water partition coefficient (Wildman–Crippen LogP) is 6.81. The van der Waals surface area contributed by atoms with Gasteiger partial charge in [0.05, 0.1) is 34.4 Å². The lowest BCUT2D eigenvalue weighted by atomic mass is 10.1. The summed E-state index contributed by atoms with van der Waals surface area (Å²) in [7, 11) is 1.65.